The first-order chi connectivity index (χ1) is 7.18. The quantitative estimate of drug-likeness (QED) is 0.803. The zero-order valence-corrected chi connectivity index (χ0v) is 11.7. The van der Waals surface area contributed by atoms with E-state index >= 15 is 0 Å². The summed E-state index contributed by atoms with van der Waals surface area (Å²) >= 11 is 0. The maximum Gasteiger partial charge on any atom is 0.0745 e. The van der Waals surface area contributed by atoms with E-state index in [0.717, 1.165) is 0 Å². The summed E-state index contributed by atoms with van der Waals surface area (Å²) in [6.07, 6.45) is 2.35. The van der Waals surface area contributed by atoms with Crippen LogP contribution in [0.2, 0.25) is 0 Å². The van der Waals surface area contributed by atoms with Crippen LogP contribution in [0.1, 0.15) is 54.4 Å². The lowest BCUT2D eigenvalue weighted by atomic mass is 9.58. The van der Waals surface area contributed by atoms with Gasteiger partial charge in [-0.1, -0.05) is 34.6 Å². The highest BCUT2D eigenvalue weighted by Gasteiger charge is 2.48. The number of aliphatic hydroxyl groups is 1. The van der Waals surface area contributed by atoms with E-state index in [4.69, 9.17) is 4.74 Å². The van der Waals surface area contributed by atoms with Gasteiger partial charge in [0.2, 0.25) is 0 Å². The van der Waals surface area contributed by atoms with Crippen molar-refractivity contribution < 1.29 is 9.84 Å². The summed E-state index contributed by atoms with van der Waals surface area (Å²) in [6.45, 7) is 13.7. The summed E-state index contributed by atoms with van der Waals surface area (Å²) in [5, 5.41) is 9.36. The third-order valence-electron chi connectivity index (χ3n) is 4.38. The van der Waals surface area contributed by atoms with Crippen LogP contribution in [0.4, 0.5) is 0 Å². The number of hydrogen-bond donors (Lipinski definition) is 1. The summed E-state index contributed by atoms with van der Waals surface area (Å²) in [7, 11) is 0. The molecule has 0 aromatic rings. The fourth-order valence-corrected chi connectivity index (χ4v) is 3.03. The van der Waals surface area contributed by atoms with Crippen molar-refractivity contribution >= 4 is 0 Å². The molecule has 0 saturated heterocycles. The van der Waals surface area contributed by atoms with Gasteiger partial charge in [0.25, 0.3) is 0 Å². The summed E-state index contributed by atoms with van der Waals surface area (Å²) in [4.78, 5) is 0. The van der Waals surface area contributed by atoms with Crippen LogP contribution in [0, 0.1) is 16.7 Å². The Bertz CT molecular complexity index is 231. The molecule has 0 spiro atoms. The maximum absolute atomic E-state index is 9.36. The molecule has 3 atom stereocenters. The molecule has 1 aliphatic rings. The molecule has 0 heterocycles. The number of hydrogen-bond acceptors (Lipinski definition) is 2. The Morgan fingerprint density at radius 3 is 2.38 bits per heavy atom. The molecule has 2 heteroatoms. The lowest BCUT2D eigenvalue weighted by Gasteiger charge is -2.52. The Kier molecular flexibility index (Phi) is 4.07. The van der Waals surface area contributed by atoms with Crippen molar-refractivity contribution in [2.75, 3.05) is 6.61 Å². The van der Waals surface area contributed by atoms with Crippen molar-refractivity contribution in [1.29, 1.82) is 0 Å². The van der Waals surface area contributed by atoms with Crippen LogP contribution in [0.5, 0.6) is 0 Å². The largest absolute Gasteiger partial charge is 0.391 e. The van der Waals surface area contributed by atoms with Crippen LogP contribution in [-0.2, 0) is 4.74 Å². The lowest BCUT2D eigenvalue weighted by molar-refractivity contribution is -0.154. The van der Waals surface area contributed by atoms with Crippen molar-refractivity contribution in [3.8, 4) is 0 Å². The van der Waals surface area contributed by atoms with E-state index in [1.165, 1.54) is 12.8 Å². The van der Waals surface area contributed by atoms with Crippen LogP contribution >= 0.6 is 0 Å². The predicted octanol–water partition coefficient (Wildman–Crippen LogP) is 3.23. The molecular weight excluding hydrogens is 200 g/mol. The van der Waals surface area contributed by atoms with Crippen LogP contribution in [0.15, 0.2) is 0 Å². The molecule has 96 valence electrons. The molecule has 1 unspecified atom stereocenters. The van der Waals surface area contributed by atoms with Crippen LogP contribution in [-0.4, -0.2) is 23.9 Å². The highest BCUT2D eigenvalue weighted by atomic mass is 16.5. The molecule has 0 aromatic heterocycles. The minimum absolute atomic E-state index is 0.191. The van der Waals surface area contributed by atoms with Gasteiger partial charge in [0.05, 0.1) is 18.8 Å². The summed E-state index contributed by atoms with van der Waals surface area (Å²) in [5.74, 6) is 0.680. The lowest BCUT2D eigenvalue weighted by Crippen LogP contribution is -2.51. The Morgan fingerprint density at radius 2 is 1.88 bits per heavy atom. The molecule has 0 amide bonds. The molecular formula is C14H28O2. The zero-order chi connectivity index (χ0) is 12.6. The first-order valence-corrected chi connectivity index (χ1v) is 6.47. The molecule has 1 fully saturated rings. The number of aliphatic hydroxyl groups excluding tert-OH is 1. The Labute approximate surface area is 100 Å². The van der Waals surface area contributed by atoms with Crippen molar-refractivity contribution in [2.24, 2.45) is 16.7 Å². The molecule has 1 rings (SSSR count). The average Bonchev–Trinajstić information content (AvgIpc) is 2.11. The normalized spacial score (nSPS) is 34.7. The minimum atomic E-state index is -0.371. The van der Waals surface area contributed by atoms with Crippen molar-refractivity contribution in [1.82, 2.24) is 0 Å². The van der Waals surface area contributed by atoms with Gasteiger partial charge in [-0.15, -0.1) is 0 Å². The number of rotatable bonds is 3. The van der Waals surface area contributed by atoms with Crippen molar-refractivity contribution in [3.63, 3.8) is 0 Å². The molecule has 0 radical (unpaired) electrons. The second-order valence-electron chi connectivity index (χ2n) is 6.81. The van der Waals surface area contributed by atoms with E-state index in [9.17, 15) is 5.11 Å². The van der Waals surface area contributed by atoms with Gasteiger partial charge in [-0.2, -0.15) is 0 Å². The molecule has 0 aromatic carbocycles. The standard InChI is InChI=1S/C14H28O2/c1-10-7-8-13(3,4)12(14(10,5)6)16-9-11(2)15/h10-12,15H,7-9H2,1-6H3/t10-,11?,12+/m0/s1. The fraction of sp³-hybridized carbons (Fsp3) is 1.00. The van der Waals surface area contributed by atoms with E-state index in [0.29, 0.717) is 12.5 Å². The zero-order valence-electron chi connectivity index (χ0n) is 11.7. The Hall–Kier alpha value is -0.0800. The van der Waals surface area contributed by atoms with Gasteiger partial charge >= 0.3 is 0 Å². The van der Waals surface area contributed by atoms with Gasteiger partial charge in [-0.3, -0.25) is 0 Å². The first-order valence-electron chi connectivity index (χ1n) is 6.47. The van der Waals surface area contributed by atoms with Crippen molar-refractivity contribution in [3.05, 3.63) is 0 Å². The average molecular weight is 228 g/mol. The van der Waals surface area contributed by atoms with E-state index in [1.54, 1.807) is 6.92 Å². The highest BCUT2D eigenvalue weighted by Crippen LogP contribution is 2.50. The molecule has 16 heavy (non-hydrogen) atoms. The molecule has 1 aliphatic carbocycles. The van der Waals surface area contributed by atoms with Gasteiger partial charge in [0, 0.05) is 0 Å². The second-order valence-corrected chi connectivity index (χ2v) is 6.81. The molecule has 0 bridgehead atoms. The summed E-state index contributed by atoms with van der Waals surface area (Å²) in [5.41, 5.74) is 0.404. The van der Waals surface area contributed by atoms with Crippen molar-refractivity contribution in [2.45, 2.75) is 66.6 Å². The van der Waals surface area contributed by atoms with E-state index in [-0.39, 0.29) is 23.0 Å². The summed E-state index contributed by atoms with van der Waals surface area (Å²) in [6, 6.07) is 0. The fourth-order valence-electron chi connectivity index (χ4n) is 3.03. The summed E-state index contributed by atoms with van der Waals surface area (Å²) < 4.78 is 6.00. The van der Waals surface area contributed by atoms with Gasteiger partial charge in [0.1, 0.15) is 0 Å². The van der Waals surface area contributed by atoms with E-state index < -0.39 is 0 Å². The smallest absolute Gasteiger partial charge is 0.0745 e. The van der Waals surface area contributed by atoms with E-state index in [1.807, 2.05) is 0 Å². The predicted molar refractivity (Wildman–Crippen MR) is 67.4 cm³/mol. The van der Waals surface area contributed by atoms with Gasteiger partial charge in [0.15, 0.2) is 0 Å². The van der Waals surface area contributed by atoms with Crippen LogP contribution < -0.4 is 0 Å². The molecule has 0 aliphatic heterocycles. The first kappa shape index (κ1) is 14.0. The third kappa shape index (κ3) is 2.78. The van der Waals surface area contributed by atoms with Gasteiger partial charge in [-0.05, 0) is 36.5 Å². The highest BCUT2D eigenvalue weighted by molar-refractivity contribution is 4.97. The van der Waals surface area contributed by atoms with Crippen LogP contribution in [0.3, 0.4) is 0 Å². The topological polar surface area (TPSA) is 29.5 Å². The molecule has 2 nitrogen and oxygen atoms in total. The van der Waals surface area contributed by atoms with Crippen LogP contribution in [0.25, 0.3) is 0 Å². The second kappa shape index (κ2) is 4.66. The number of ether oxygens (including phenoxy) is 1. The maximum atomic E-state index is 9.36. The molecule has 1 N–H and O–H groups in total. The Balaban J connectivity index is 2.79. The minimum Gasteiger partial charge on any atom is -0.391 e. The monoisotopic (exact) mass is 228 g/mol. The van der Waals surface area contributed by atoms with Gasteiger partial charge < -0.3 is 9.84 Å². The SMILES string of the molecule is CC(O)CO[C@@H]1C(C)(C)CC[C@H](C)C1(C)C. The van der Waals surface area contributed by atoms with E-state index in [2.05, 4.69) is 34.6 Å². The molecule has 1 saturated carbocycles. The third-order valence-corrected chi connectivity index (χ3v) is 4.38. The van der Waals surface area contributed by atoms with Gasteiger partial charge in [-0.25, -0.2) is 0 Å². The Morgan fingerprint density at radius 1 is 1.31 bits per heavy atom.